The van der Waals surface area contributed by atoms with Gasteiger partial charge in [0.15, 0.2) is 0 Å². The topological polar surface area (TPSA) is 105 Å². The van der Waals surface area contributed by atoms with Crippen molar-refractivity contribution in [2.75, 3.05) is 11.5 Å². The largest absolute Gasteiger partial charge is 0.462 e. The molecule has 2 amide bonds. The molecule has 4 rings (SSSR count). The van der Waals surface area contributed by atoms with Gasteiger partial charge in [0, 0.05) is 12.8 Å². The molecule has 0 spiro atoms. The first-order chi connectivity index (χ1) is 15.0. The summed E-state index contributed by atoms with van der Waals surface area (Å²) in [7, 11) is 0. The van der Waals surface area contributed by atoms with Crippen molar-refractivity contribution in [2.24, 2.45) is 0 Å². The third-order valence-corrected chi connectivity index (χ3v) is 5.76. The second kappa shape index (κ2) is 9.13. The highest BCUT2D eigenvalue weighted by molar-refractivity contribution is 8.00. The minimum Gasteiger partial charge on any atom is -0.462 e. The Bertz CT molecular complexity index is 1100. The summed E-state index contributed by atoms with van der Waals surface area (Å²) in [5.41, 5.74) is 1.88. The second-order valence-corrected chi connectivity index (χ2v) is 8.04. The van der Waals surface area contributed by atoms with Crippen LogP contribution in [-0.4, -0.2) is 44.8 Å². The fraction of sp³-hybridized carbons (Fsp3) is 0.227. The number of imide groups is 1. The SMILES string of the molecule is CCOC(=O)c1ccc(N2C(=O)CC(Sc3n[nH]c(Cc4ccccc4)n3)C2=O)cc1. The Morgan fingerprint density at radius 2 is 1.90 bits per heavy atom. The summed E-state index contributed by atoms with van der Waals surface area (Å²) in [5.74, 6) is -0.380. The summed E-state index contributed by atoms with van der Waals surface area (Å²) < 4.78 is 4.95. The molecular formula is C22H20N4O4S. The number of carbonyl (C=O) groups is 3. The monoisotopic (exact) mass is 436 g/mol. The smallest absolute Gasteiger partial charge is 0.338 e. The molecule has 1 aliphatic heterocycles. The molecule has 2 aromatic carbocycles. The van der Waals surface area contributed by atoms with Gasteiger partial charge >= 0.3 is 5.97 Å². The average molecular weight is 436 g/mol. The maximum Gasteiger partial charge on any atom is 0.338 e. The van der Waals surface area contributed by atoms with E-state index in [0.717, 1.165) is 10.5 Å². The lowest BCUT2D eigenvalue weighted by Crippen LogP contribution is -2.31. The summed E-state index contributed by atoms with van der Waals surface area (Å²) in [4.78, 5) is 42.7. The van der Waals surface area contributed by atoms with Gasteiger partial charge in [-0.05, 0) is 36.8 Å². The van der Waals surface area contributed by atoms with E-state index < -0.39 is 11.2 Å². The molecule has 31 heavy (non-hydrogen) atoms. The number of thioether (sulfide) groups is 1. The molecule has 9 heteroatoms. The number of H-pyrrole nitrogens is 1. The lowest BCUT2D eigenvalue weighted by molar-refractivity contribution is -0.121. The lowest BCUT2D eigenvalue weighted by atomic mass is 10.1. The van der Waals surface area contributed by atoms with Crippen molar-refractivity contribution in [2.45, 2.75) is 30.2 Å². The number of nitrogens with one attached hydrogen (secondary N) is 1. The van der Waals surface area contributed by atoms with Gasteiger partial charge in [-0.15, -0.1) is 5.10 Å². The molecule has 158 valence electrons. The molecule has 0 radical (unpaired) electrons. The maximum absolute atomic E-state index is 12.9. The zero-order chi connectivity index (χ0) is 21.8. The zero-order valence-electron chi connectivity index (χ0n) is 16.8. The van der Waals surface area contributed by atoms with E-state index in [4.69, 9.17) is 4.74 Å². The molecule has 3 aromatic rings. The van der Waals surface area contributed by atoms with Gasteiger partial charge in [-0.25, -0.2) is 14.7 Å². The third-order valence-electron chi connectivity index (χ3n) is 4.72. The number of aromatic amines is 1. The van der Waals surface area contributed by atoms with Crippen molar-refractivity contribution in [1.82, 2.24) is 15.2 Å². The molecular weight excluding hydrogens is 416 g/mol. The number of ether oxygens (including phenoxy) is 1. The van der Waals surface area contributed by atoms with Crippen molar-refractivity contribution < 1.29 is 19.1 Å². The minimum atomic E-state index is -0.599. The van der Waals surface area contributed by atoms with Crippen LogP contribution in [0.1, 0.15) is 35.1 Å². The normalized spacial score (nSPS) is 16.0. The van der Waals surface area contributed by atoms with E-state index in [1.165, 1.54) is 11.8 Å². The first kappa shape index (κ1) is 20.8. The van der Waals surface area contributed by atoms with E-state index in [1.807, 2.05) is 30.3 Å². The molecule has 1 aromatic heterocycles. The van der Waals surface area contributed by atoms with Crippen molar-refractivity contribution in [3.05, 3.63) is 71.5 Å². The van der Waals surface area contributed by atoms with Crippen LogP contribution in [0, 0.1) is 0 Å². The fourth-order valence-electron chi connectivity index (χ4n) is 3.25. The summed E-state index contributed by atoms with van der Waals surface area (Å²) in [6.45, 7) is 2.00. The van der Waals surface area contributed by atoms with E-state index in [2.05, 4.69) is 15.2 Å². The predicted molar refractivity (Wildman–Crippen MR) is 115 cm³/mol. The Hall–Kier alpha value is -3.46. The van der Waals surface area contributed by atoms with Crippen LogP contribution in [0.15, 0.2) is 59.8 Å². The van der Waals surface area contributed by atoms with Gasteiger partial charge in [0.25, 0.3) is 0 Å². The molecule has 1 fully saturated rings. The highest BCUT2D eigenvalue weighted by Crippen LogP contribution is 2.32. The number of hydrogen-bond acceptors (Lipinski definition) is 7. The van der Waals surface area contributed by atoms with E-state index in [0.29, 0.717) is 28.7 Å². The van der Waals surface area contributed by atoms with Crippen LogP contribution in [0.25, 0.3) is 0 Å². The Kier molecular flexibility index (Phi) is 6.13. The van der Waals surface area contributed by atoms with Crippen LogP contribution in [-0.2, 0) is 20.7 Å². The average Bonchev–Trinajstić information content (AvgIpc) is 3.32. The van der Waals surface area contributed by atoms with Gasteiger partial charge in [-0.1, -0.05) is 42.1 Å². The quantitative estimate of drug-likeness (QED) is 0.448. The third kappa shape index (κ3) is 4.66. The minimum absolute atomic E-state index is 0.0612. The van der Waals surface area contributed by atoms with Crippen LogP contribution in [0.4, 0.5) is 5.69 Å². The van der Waals surface area contributed by atoms with Crippen molar-refractivity contribution in [3.8, 4) is 0 Å². The van der Waals surface area contributed by atoms with E-state index in [1.54, 1.807) is 31.2 Å². The number of nitrogens with zero attached hydrogens (tertiary/aromatic N) is 3. The first-order valence-corrected chi connectivity index (χ1v) is 10.7. The number of amides is 2. The maximum atomic E-state index is 12.9. The number of esters is 1. The number of hydrogen-bond donors (Lipinski definition) is 1. The molecule has 0 aliphatic carbocycles. The van der Waals surface area contributed by atoms with Crippen molar-refractivity contribution in [3.63, 3.8) is 0 Å². The van der Waals surface area contributed by atoms with Crippen molar-refractivity contribution in [1.29, 1.82) is 0 Å². The van der Waals surface area contributed by atoms with Crippen LogP contribution in [0.5, 0.6) is 0 Å². The Labute approximate surface area is 183 Å². The number of benzene rings is 2. The van der Waals surface area contributed by atoms with E-state index >= 15 is 0 Å². The highest BCUT2D eigenvalue weighted by atomic mass is 32.2. The molecule has 0 bridgehead atoms. The molecule has 2 heterocycles. The van der Waals surface area contributed by atoms with Crippen LogP contribution < -0.4 is 4.90 Å². The fourth-order valence-corrected chi connectivity index (χ4v) is 4.20. The molecule has 1 saturated heterocycles. The molecule has 8 nitrogen and oxygen atoms in total. The Morgan fingerprint density at radius 3 is 2.61 bits per heavy atom. The van der Waals surface area contributed by atoms with E-state index in [-0.39, 0.29) is 24.8 Å². The molecule has 1 aliphatic rings. The molecule has 0 saturated carbocycles. The number of carbonyl (C=O) groups excluding carboxylic acids is 3. The first-order valence-electron chi connectivity index (χ1n) is 9.81. The number of anilines is 1. The van der Waals surface area contributed by atoms with Gasteiger partial charge in [0.05, 0.1) is 17.9 Å². The van der Waals surface area contributed by atoms with Gasteiger partial charge in [-0.2, -0.15) is 0 Å². The Balaban J connectivity index is 1.42. The summed E-state index contributed by atoms with van der Waals surface area (Å²) in [6.07, 6.45) is 0.663. The molecule has 1 N–H and O–H groups in total. The molecule has 1 atom stereocenters. The molecule has 1 unspecified atom stereocenters. The van der Waals surface area contributed by atoms with Gasteiger partial charge < -0.3 is 4.74 Å². The lowest BCUT2D eigenvalue weighted by Gasteiger charge is -2.15. The summed E-state index contributed by atoms with van der Waals surface area (Å²) in [5, 5.41) is 6.89. The zero-order valence-corrected chi connectivity index (χ0v) is 17.6. The standard InChI is InChI=1S/C22H20N4O4S/c1-2-30-21(29)15-8-10-16(11-9-15)26-19(27)13-17(20(26)28)31-22-23-18(24-25-22)12-14-6-4-3-5-7-14/h3-11,17H,2,12-13H2,1H3,(H,23,24,25). The Morgan fingerprint density at radius 1 is 1.16 bits per heavy atom. The second-order valence-electron chi connectivity index (χ2n) is 6.87. The van der Waals surface area contributed by atoms with Gasteiger partial charge in [-0.3, -0.25) is 14.7 Å². The van der Waals surface area contributed by atoms with Gasteiger partial charge in [0.2, 0.25) is 17.0 Å². The number of aromatic nitrogens is 3. The summed E-state index contributed by atoms with van der Waals surface area (Å²) >= 11 is 1.17. The summed E-state index contributed by atoms with van der Waals surface area (Å²) in [6, 6.07) is 16.1. The number of rotatable bonds is 7. The van der Waals surface area contributed by atoms with Gasteiger partial charge in [0.1, 0.15) is 11.1 Å². The highest BCUT2D eigenvalue weighted by Gasteiger charge is 2.40. The predicted octanol–water partition coefficient (Wildman–Crippen LogP) is 3.00. The van der Waals surface area contributed by atoms with Crippen LogP contribution in [0.3, 0.4) is 0 Å². The van der Waals surface area contributed by atoms with E-state index in [9.17, 15) is 14.4 Å². The van der Waals surface area contributed by atoms with Crippen molar-refractivity contribution >= 4 is 35.2 Å². The van der Waals surface area contributed by atoms with Crippen LogP contribution >= 0.6 is 11.8 Å². The van der Waals surface area contributed by atoms with Crippen LogP contribution in [0.2, 0.25) is 0 Å².